The molecule has 0 aromatic rings. The molecule has 0 bridgehead atoms. The molecule has 1 amide bonds. The molecule has 7 heteroatoms. The molecule has 0 aliphatic rings. The Kier molecular flexibility index (Phi) is 14.5. The fourth-order valence-electron chi connectivity index (χ4n) is 2.94. The average Bonchev–Trinajstić information content (AvgIpc) is 2.63. The number of ether oxygens (including phenoxy) is 1. The quantitative estimate of drug-likeness (QED) is 0.153. The van der Waals surface area contributed by atoms with Crippen LogP contribution < -0.4 is 5.73 Å². The smallest absolute Gasteiger partial charge is 0.217 e. The molecule has 0 heterocycles. The van der Waals surface area contributed by atoms with Crippen LogP contribution in [0.4, 0.5) is 0 Å². The lowest BCUT2D eigenvalue weighted by Crippen LogP contribution is -2.32. The SMILES string of the molecule is CCCCCCC(C)(C)OC(O)/C(O)=C(/O)C(CC)CCSCCCC(N)=O. The van der Waals surface area contributed by atoms with Crippen molar-refractivity contribution >= 4 is 17.7 Å². The zero-order valence-electron chi connectivity index (χ0n) is 18.1. The van der Waals surface area contributed by atoms with Crippen molar-refractivity contribution in [2.75, 3.05) is 11.5 Å². The highest BCUT2D eigenvalue weighted by Gasteiger charge is 2.28. The number of nitrogens with two attached hydrogens (primary N) is 1. The minimum atomic E-state index is -1.53. The Hall–Kier alpha value is -0.920. The van der Waals surface area contributed by atoms with Gasteiger partial charge >= 0.3 is 0 Å². The summed E-state index contributed by atoms with van der Waals surface area (Å²) in [7, 11) is 0. The number of rotatable bonds is 17. The number of aliphatic hydroxyl groups is 3. The number of amides is 1. The van der Waals surface area contributed by atoms with Gasteiger partial charge in [0, 0.05) is 12.3 Å². The Balaban J connectivity index is 4.52. The van der Waals surface area contributed by atoms with Gasteiger partial charge in [-0.15, -0.1) is 0 Å². The fourth-order valence-corrected chi connectivity index (χ4v) is 3.94. The van der Waals surface area contributed by atoms with Gasteiger partial charge in [0.15, 0.2) is 5.76 Å². The van der Waals surface area contributed by atoms with Crippen LogP contribution in [0.1, 0.15) is 85.5 Å². The van der Waals surface area contributed by atoms with E-state index in [0.717, 1.165) is 43.6 Å². The molecule has 0 aliphatic carbocycles. The normalized spacial score (nSPS) is 15.2. The average molecular weight is 420 g/mol. The fraction of sp³-hybridized carbons (Fsp3) is 0.857. The molecule has 28 heavy (non-hydrogen) atoms. The van der Waals surface area contributed by atoms with Crippen LogP contribution in [0.25, 0.3) is 0 Å². The minimum absolute atomic E-state index is 0.200. The maximum atomic E-state index is 10.7. The first kappa shape index (κ1) is 27.1. The van der Waals surface area contributed by atoms with E-state index in [1.165, 1.54) is 6.42 Å². The van der Waals surface area contributed by atoms with Crippen LogP contribution in [0, 0.1) is 5.92 Å². The predicted octanol–water partition coefficient (Wildman–Crippen LogP) is 4.81. The van der Waals surface area contributed by atoms with E-state index in [4.69, 9.17) is 10.5 Å². The Morgan fingerprint density at radius 2 is 1.75 bits per heavy atom. The maximum absolute atomic E-state index is 10.7. The summed E-state index contributed by atoms with van der Waals surface area (Å²) in [6.45, 7) is 7.84. The number of hydrogen-bond acceptors (Lipinski definition) is 6. The lowest BCUT2D eigenvalue weighted by atomic mass is 9.98. The van der Waals surface area contributed by atoms with E-state index < -0.39 is 17.7 Å². The Morgan fingerprint density at radius 1 is 1.07 bits per heavy atom. The van der Waals surface area contributed by atoms with E-state index in [2.05, 4.69) is 6.92 Å². The summed E-state index contributed by atoms with van der Waals surface area (Å²) >= 11 is 1.68. The molecule has 0 aliphatic heterocycles. The molecule has 0 aromatic carbocycles. The summed E-state index contributed by atoms with van der Waals surface area (Å²) in [6.07, 6.45) is 6.11. The van der Waals surface area contributed by atoms with Crippen LogP contribution in [0.3, 0.4) is 0 Å². The van der Waals surface area contributed by atoms with E-state index in [9.17, 15) is 20.1 Å². The van der Waals surface area contributed by atoms with Crippen LogP contribution in [0.2, 0.25) is 0 Å². The van der Waals surface area contributed by atoms with Crippen molar-refractivity contribution in [1.82, 2.24) is 0 Å². The standard InChI is InChI=1S/C21H41NO5S/c1-5-7-8-9-13-21(3,4)27-20(26)19(25)18(24)16(6-2)12-15-28-14-10-11-17(22)23/h16,20,24-26H,5-15H2,1-4H3,(H2,22,23)/b19-18-. The molecular weight excluding hydrogens is 378 g/mol. The van der Waals surface area contributed by atoms with Crippen LogP contribution in [-0.4, -0.2) is 44.6 Å². The van der Waals surface area contributed by atoms with Gasteiger partial charge in [0.25, 0.3) is 0 Å². The molecule has 166 valence electrons. The first-order valence-corrected chi connectivity index (χ1v) is 11.6. The van der Waals surface area contributed by atoms with Gasteiger partial charge in [-0.3, -0.25) is 4.79 Å². The van der Waals surface area contributed by atoms with Crippen molar-refractivity contribution < 1.29 is 24.9 Å². The molecule has 5 N–H and O–H groups in total. The van der Waals surface area contributed by atoms with Gasteiger partial charge in [-0.2, -0.15) is 11.8 Å². The van der Waals surface area contributed by atoms with Crippen molar-refractivity contribution in [1.29, 1.82) is 0 Å². The third-order valence-corrected chi connectivity index (χ3v) is 5.86. The Morgan fingerprint density at radius 3 is 2.32 bits per heavy atom. The molecule has 0 saturated carbocycles. The van der Waals surface area contributed by atoms with Gasteiger partial charge in [0.05, 0.1) is 5.60 Å². The summed E-state index contributed by atoms with van der Waals surface area (Å²) in [6, 6.07) is 0. The first-order chi connectivity index (χ1) is 13.1. The summed E-state index contributed by atoms with van der Waals surface area (Å²) in [5.74, 6) is 0.388. The number of primary amides is 1. The third kappa shape index (κ3) is 12.5. The van der Waals surface area contributed by atoms with Gasteiger partial charge in [0.1, 0.15) is 5.76 Å². The van der Waals surface area contributed by atoms with E-state index in [1.54, 1.807) is 11.8 Å². The van der Waals surface area contributed by atoms with Gasteiger partial charge in [0.2, 0.25) is 12.2 Å². The van der Waals surface area contributed by atoms with Crippen LogP contribution in [-0.2, 0) is 9.53 Å². The number of unbranched alkanes of at least 4 members (excludes halogenated alkanes) is 3. The molecule has 2 unspecified atom stereocenters. The number of aliphatic hydroxyl groups excluding tert-OH is 3. The number of allylic oxidation sites excluding steroid dienone is 1. The first-order valence-electron chi connectivity index (χ1n) is 10.5. The van der Waals surface area contributed by atoms with E-state index in [1.807, 2.05) is 20.8 Å². The summed E-state index contributed by atoms with van der Waals surface area (Å²) in [5, 5.41) is 30.9. The van der Waals surface area contributed by atoms with Crippen molar-refractivity contribution in [3.05, 3.63) is 11.5 Å². The minimum Gasteiger partial charge on any atom is -0.508 e. The van der Waals surface area contributed by atoms with Crippen molar-refractivity contribution in [2.45, 2.75) is 97.4 Å². The molecule has 0 fully saturated rings. The maximum Gasteiger partial charge on any atom is 0.217 e. The van der Waals surface area contributed by atoms with Crippen LogP contribution in [0.5, 0.6) is 0 Å². The van der Waals surface area contributed by atoms with Crippen LogP contribution >= 0.6 is 11.8 Å². The van der Waals surface area contributed by atoms with Gasteiger partial charge in [-0.1, -0.05) is 39.5 Å². The number of carbonyl (C=O) groups excluding carboxylic acids is 1. The van der Waals surface area contributed by atoms with Gasteiger partial charge in [-0.25, -0.2) is 0 Å². The van der Waals surface area contributed by atoms with E-state index >= 15 is 0 Å². The lowest BCUT2D eigenvalue weighted by Gasteiger charge is -2.29. The number of carbonyl (C=O) groups is 1. The van der Waals surface area contributed by atoms with Gasteiger partial charge in [-0.05, 0) is 51.0 Å². The summed E-state index contributed by atoms with van der Waals surface area (Å²) < 4.78 is 5.61. The number of hydrogen-bond donors (Lipinski definition) is 4. The second-order valence-corrected chi connectivity index (χ2v) is 9.11. The molecule has 0 spiro atoms. The molecule has 2 atom stereocenters. The molecular formula is C21H41NO5S. The summed E-state index contributed by atoms with van der Waals surface area (Å²) in [5.41, 5.74) is 4.53. The van der Waals surface area contributed by atoms with Crippen LogP contribution in [0.15, 0.2) is 11.5 Å². The highest BCUT2D eigenvalue weighted by Crippen LogP contribution is 2.26. The zero-order valence-corrected chi connectivity index (χ0v) is 18.9. The molecule has 0 aromatic heterocycles. The molecule has 0 rings (SSSR count). The Labute approximate surface area is 174 Å². The second kappa shape index (κ2) is 15.0. The predicted molar refractivity (Wildman–Crippen MR) is 116 cm³/mol. The molecule has 0 saturated heterocycles. The zero-order chi connectivity index (χ0) is 21.6. The highest BCUT2D eigenvalue weighted by molar-refractivity contribution is 7.99. The second-order valence-electron chi connectivity index (χ2n) is 7.89. The van der Waals surface area contributed by atoms with Crippen molar-refractivity contribution in [2.24, 2.45) is 11.7 Å². The largest absolute Gasteiger partial charge is 0.508 e. The highest BCUT2D eigenvalue weighted by atomic mass is 32.2. The van der Waals surface area contributed by atoms with Gasteiger partial charge < -0.3 is 25.8 Å². The van der Waals surface area contributed by atoms with E-state index in [-0.39, 0.29) is 17.6 Å². The Bertz CT molecular complexity index is 468. The van der Waals surface area contributed by atoms with Crippen molar-refractivity contribution in [3.8, 4) is 0 Å². The van der Waals surface area contributed by atoms with E-state index in [0.29, 0.717) is 19.3 Å². The molecule has 0 radical (unpaired) electrons. The lowest BCUT2D eigenvalue weighted by molar-refractivity contribution is -0.171. The monoisotopic (exact) mass is 419 g/mol. The topological polar surface area (TPSA) is 113 Å². The molecule has 6 nitrogen and oxygen atoms in total. The summed E-state index contributed by atoms with van der Waals surface area (Å²) in [4.78, 5) is 10.7. The third-order valence-electron chi connectivity index (χ3n) is 4.76. The number of thioether (sulfide) groups is 1. The van der Waals surface area contributed by atoms with Crippen molar-refractivity contribution in [3.63, 3.8) is 0 Å².